The highest BCUT2D eigenvalue weighted by atomic mass is 31.2. The molecule has 0 aliphatic carbocycles. The van der Waals surface area contributed by atoms with E-state index in [1.165, 1.54) is 340 Å². The molecule has 113 heavy (non-hydrogen) atoms. The number of ether oxygens (including phenoxy) is 4. The van der Waals surface area contributed by atoms with E-state index >= 15 is 0 Å². The number of carbonyl (C=O) groups is 4. The van der Waals surface area contributed by atoms with Gasteiger partial charge in [0.25, 0.3) is 0 Å². The van der Waals surface area contributed by atoms with Crippen molar-refractivity contribution < 1.29 is 80.2 Å². The van der Waals surface area contributed by atoms with Gasteiger partial charge >= 0.3 is 39.5 Å². The fraction of sp³-hybridized carbons (Fsp3) is 0.957. The Morgan fingerprint density at radius 3 is 0.602 bits per heavy atom. The van der Waals surface area contributed by atoms with E-state index in [1.54, 1.807) is 0 Å². The van der Waals surface area contributed by atoms with Crippen LogP contribution in [0, 0.1) is 5.92 Å². The zero-order valence-corrected chi connectivity index (χ0v) is 76.3. The van der Waals surface area contributed by atoms with Crippen LogP contribution in [0.2, 0.25) is 0 Å². The predicted molar refractivity (Wildman–Crippen MR) is 469 cm³/mol. The summed E-state index contributed by atoms with van der Waals surface area (Å²) >= 11 is 0. The van der Waals surface area contributed by atoms with Crippen molar-refractivity contribution in [2.75, 3.05) is 39.6 Å². The predicted octanol–water partition coefficient (Wildman–Crippen LogP) is 29.5. The zero-order valence-electron chi connectivity index (χ0n) is 74.5. The Kier molecular flexibility index (Phi) is 85.0. The second-order valence-electron chi connectivity index (χ2n) is 34.2. The van der Waals surface area contributed by atoms with E-state index in [2.05, 4.69) is 34.6 Å². The number of aliphatic hydroxyl groups is 1. The Morgan fingerprint density at radius 2 is 0.407 bits per heavy atom. The van der Waals surface area contributed by atoms with E-state index in [0.717, 1.165) is 95.8 Å². The lowest BCUT2D eigenvalue weighted by molar-refractivity contribution is -0.161. The van der Waals surface area contributed by atoms with Crippen molar-refractivity contribution >= 4 is 39.5 Å². The van der Waals surface area contributed by atoms with Crippen LogP contribution < -0.4 is 0 Å². The van der Waals surface area contributed by atoms with E-state index < -0.39 is 97.5 Å². The number of phosphoric ester groups is 2. The molecule has 0 aromatic rings. The summed E-state index contributed by atoms with van der Waals surface area (Å²) in [6.45, 7) is 7.44. The van der Waals surface area contributed by atoms with Crippen LogP contribution in [-0.2, 0) is 65.4 Å². The van der Waals surface area contributed by atoms with E-state index in [4.69, 9.17) is 37.0 Å². The maximum Gasteiger partial charge on any atom is 0.472 e. The van der Waals surface area contributed by atoms with E-state index in [9.17, 15) is 43.2 Å². The molecule has 0 bridgehead atoms. The topological polar surface area (TPSA) is 237 Å². The molecular formula is C94H184O17P2. The normalized spacial score (nSPS) is 13.6. The molecule has 17 nitrogen and oxygen atoms in total. The number of esters is 4. The van der Waals surface area contributed by atoms with Crippen LogP contribution in [0.5, 0.6) is 0 Å². The van der Waals surface area contributed by atoms with Gasteiger partial charge in [-0.3, -0.25) is 37.3 Å². The Hall–Kier alpha value is -1.94. The fourth-order valence-electron chi connectivity index (χ4n) is 14.9. The molecule has 672 valence electrons. The van der Waals surface area contributed by atoms with Crippen LogP contribution in [0.1, 0.15) is 516 Å². The van der Waals surface area contributed by atoms with Crippen molar-refractivity contribution in [3.63, 3.8) is 0 Å². The SMILES string of the molecule is CCCCCCCCCCCCCCCCCCCCCCCCC(=O)O[C@H](COC(=O)CCCCCCCCCCCCCCCCCCCCCC)COP(=O)(O)OC[C@@H](O)COP(=O)(O)OC[C@@H](COC(=O)CCCCCCCCCCCCCCC)OC(=O)CCCCCCCCCCCCCCCCCC(C)C. The minimum atomic E-state index is -4.97. The first-order chi connectivity index (χ1) is 55.0. The summed E-state index contributed by atoms with van der Waals surface area (Å²) in [6, 6.07) is 0. The molecule has 0 aliphatic rings. The number of aliphatic hydroxyl groups excluding tert-OH is 1. The smallest absolute Gasteiger partial charge is 0.462 e. The van der Waals surface area contributed by atoms with Crippen LogP contribution in [-0.4, -0.2) is 96.7 Å². The van der Waals surface area contributed by atoms with Gasteiger partial charge in [0.2, 0.25) is 0 Å². The van der Waals surface area contributed by atoms with Crippen LogP contribution in [0.25, 0.3) is 0 Å². The summed E-state index contributed by atoms with van der Waals surface area (Å²) in [7, 11) is -9.94. The van der Waals surface area contributed by atoms with Gasteiger partial charge in [-0.05, 0) is 31.6 Å². The molecule has 3 N–H and O–H groups in total. The standard InChI is InChI=1S/C94H184O17P2/c1-6-9-12-15-18-21-24-27-29-31-33-35-36-38-40-44-49-54-59-64-69-74-79-93(98)111-90(84-105-92(97)78-73-68-63-58-53-48-43-39-37-34-32-30-28-25-22-19-16-13-10-7-2)86-109-113(102,103)107-82-88(95)81-106-112(100,101)108-85-89(83-104-91(96)77-72-67-62-57-52-46-26-23-20-17-14-11-8-3)110-94(99)80-75-70-65-60-55-50-45-41-42-47-51-56-61-66-71-76-87(4)5/h87-90,95H,6-86H2,1-5H3,(H,100,101)(H,102,103)/t88-,89+,90+/m0/s1. The molecule has 5 atom stereocenters. The van der Waals surface area contributed by atoms with Crippen LogP contribution in [0.3, 0.4) is 0 Å². The molecule has 0 radical (unpaired) electrons. The van der Waals surface area contributed by atoms with E-state index in [0.29, 0.717) is 25.7 Å². The lowest BCUT2D eigenvalue weighted by Crippen LogP contribution is -2.30. The van der Waals surface area contributed by atoms with E-state index in [1.807, 2.05) is 0 Å². The maximum absolute atomic E-state index is 13.2. The highest BCUT2D eigenvalue weighted by Gasteiger charge is 2.31. The largest absolute Gasteiger partial charge is 0.472 e. The first-order valence-corrected chi connectivity index (χ1v) is 51.6. The van der Waals surface area contributed by atoms with Crippen molar-refractivity contribution in [2.45, 2.75) is 534 Å². The van der Waals surface area contributed by atoms with Crippen LogP contribution in [0.15, 0.2) is 0 Å². The molecule has 2 unspecified atom stereocenters. The Morgan fingerprint density at radius 1 is 0.239 bits per heavy atom. The van der Waals surface area contributed by atoms with E-state index in [-0.39, 0.29) is 25.7 Å². The fourth-order valence-corrected chi connectivity index (χ4v) is 16.5. The molecule has 0 amide bonds. The molecule has 0 spiro atoms. The Labute approximate surface area is 696 Å². The Bertz CT molecular complexity index is 2140. The van der Waals surface area contributed by atoms with Gasteiger partial charge in [0.1, 0.15) is 19.3 Å². The third kappa shape index (κ3) is 87.7. The number of rotatable bonds is 94. The van der Waals surface area contributed by atoms with Gasteiger partial charge in [0.15, 0.2) is 12.2 Å². The van der Waals surface area contributed by atoms with Crippen molar-refractivity contribution in [2.24, 2.45) is 5.92 Å². The highest BCUT2D eigenvalue weighted by Crippen LogP contribution is 2.45. The number of phosphoric acid groups is 2. The van der Waals surface area contributed by atoms with Gasteiger partial charge in [-0.25, -0.2) is 9.13 Å². The van der Waals surface area contributed by atoms with Crippen molar-refractivity contribution in [1.82, 2.24) is 0 Å². The number of unbranched alkanes of at least 4 members (excludes halogenated alkanes) is 66. The molecule has 0 aromatic heterocycles. The summed E-state index contributed by atoms with van der Waals surface area (Å²) in [6.07, 6.45) is 83.4. The number of hydrogen-bond acceptors (Lipinski definition) is 15. The monoisotopic (exact) mass is 1650 g/mol. The number of hydrogen-bond donors (Lipinski definition) is 3. The van der Waals surface area contributed by atoms with Crippen molar-refractivity contribution in [3.05, 3.63) is 0 Å². The summed E-state index contributed by atoms with van der Waals surface area (Å²) in [5.74, 6) is -1.29. The summed E-state index contributed by atoms with van der Waals surface area (Å²) in [5, 5.41) is 10.7. The van der Waals surface area contributed by atoms with Gasteiger partial charge in [0, 0.05) is 25.7 Å². The minimum Gasteiger partial charge on any atom is -0.462 e. The van der Waals surface area contributed by atoms with Crippen LogP contribution in [0.4, 0.5) is 0 Å². The summed E-state index contributed by atoms with van der Waals surface area (Å²) < 4.78 is 69.2. The van der Waals surface area contributed by atoms with Crippen LogP contribution >= 0.6 is 15.6 Å². The average Bonchev–Trinajstić information content (AvgIpc) is 0.897. The lowest BCUT2D eigenvalue weighted by atomic mass is 10.0. The van der Waals surface area contributed by atoms with Gasteiger partial charge in [0.05, 0.1) is 26.4 Å². The average molecular weight is 1650 g/mol. The van der Waals surface area contributed by atoms with Gasteiger partial charge in [-0.1, -0.05) is 465 Å². The highest BCUT2D eigenvalue weighted by molar-refractivity contribution is 7.47. The van der Waals surface area contributed by atoms with Gasteiger partial charge in [-0.15, -0.1) is 0 Å². The molecule has 0 aromatic carbocycles. The summed E-state index contributed by atoms with van der Waals surface area (Å²) in [5.41, 5.74) is 0. The molecular weight excluding hydrogens is 1460 g/mol. The van der Waals surface area contributed by atoms with Gasteiger partial charge < -0.3 is 33.8 Å². The molecule has 0 saturated carbocycles. The first kappa shape index (κ1) is 111. The zero-order chi connectivity index (χ0) is 82.6. The molecule has 0 rings (SSSR count). The molecule has 0 heterocycles. The molecule has 0 aliphatic heterocycles. The second-order valence-corrected chi connectivity index (χ2v) is 37.1. The quantitative estimate of drug-likeness (QED) is 0.0222. The van der Waals surface area contributed by atoms with Crippen molar-refractivity contribution in [3.8, 4) is 0 Å². The Balaban J connectivity index is 5.25. The third-order valence-corrected chi connectivity index (χ3v) is 24.2. The lowest BCUT2D eigenvalue weighted by Gasteiger charge is -2.21. The molecule has 19 heteroatoms. The van der Waals surface area contributed by atoms with Gasteiger partial charge in [-0.2, -0.15) is 0 Å². The number of carbonyl (C=O) groups excluding carboxylic acids is 4. The second kappa shape index (κ2) is 86.4. The summed E-state index contributed by atoms with van der Waals surface area (Å²) in [4.78, 5) is 73.5. The third-order valence-electron chi connectivity index (χ3n) is 22.3. The van der Waals surface area contributed by atoms with Crippen molar-refractivity contribution in [1.29, 1.82) is 0 Å². The maximum atomic E-state index is 13.2. The first-order valence-electron chi connectivity index (χ1n) is 48.6. The minimum absolute atomic E-state index is 0.109. The molecule has 0 saturated heterocycles. The molecule has 0 fully saturated rings.